The molecule has 0 fully saturated rings. The predicted molar refractivity (Wildman–Crippen MR) is 104 cm³/mol. The van der Waals surface area contributed by atoms with Crippen molar-refractivity contribution in [3.05, 3.63) is 65.0 Å². The van der Waals surface area contributed by atoms with Gasteiger partial charge in [0.25, 0.3) is 5.91 Å². The number of nitrogens with one attached hydrogen (secondary N) is 2. The van der Waals surface area contributed by atoms with Crippen LogP contribution in [0.3, 0.4) is 0 Å². The number of carbonyl (C=O) groups is 2. The van der Waals surface area contributed by atoms with Crippen LogP contribution in [0.25, 0.3) is 5.69 Å². The molecule has 0 radical (unpaired) electrons. The highest BCUT2D eigenvalue weighted by atomic mass is 19.1. The van der Waals surface area contributed by atoms with Gasteiger partial charge in [-0.1, -0.05) is 19.9 Å². The third-order valence-corrected chi connectivity index (χ3v) is 5.22. The molecule has 0 spiro atoms. The number of H-pyrrole nitrogens is 1. The van der Waals surface area contributed by atoms with Crippen molar-refractivity contribution in [1.29, 1.82) is 0 Å². The first kappa shape index (κ1) is 19.0. The van der Waals surface area contributed by atoms with Crippen LogP contribution in [0, 0.1) is 11.2 Å². The molecule has 1 aromatic carbocycles. The zero-order valence-corrected chi connectivity index (χ0v) is 16.5. The van der Waals surface area contributed by atoms with E-state index in [2.05, 4.69) is 34.5 Å². The van der Waals surface area contributed by atoms with E-state index in [0.717, 1.165) is 24.1 Å². The smallest absolute Gasteiger partial charge is 0.269 e. The van der Waals surface area contributed by atoms with Gasteiger partial charge in [-0.25, -0.2) is 9.07 Å². The largest absolute Gasteiger partial charge is 0.344 e. The number of aromatic amines is 1. The fraction of sp³-hybridized carbons (Fsp3) is 0.333. The van der Waals surface area contributed by atoms with Crippen molar-refractivity contribution in [3.63, 3.8) is 0 Å². The third kappa shape index (κ3) is 3.70. The van der Waals surface area contributed by atoms with E-state index in [1.165, 1.54) is 25.1 Å². The Morgan fingerprint density at radius 1 is 1.31 bits per heavy atom. The van der Waals surface area contributed by atoms with Gasteiger partial charge in [-0.2, -0.15) is 10.2 Å². The Hall–Kier alpha value is -3.29. The van der Waals surface area contributed by atoms with E-state index in [1.807, 2.05) is 0 Å². The molecule has 2 aromatic heterocycles. The molecule has 8 heteroatoms. The number of ketones is 1. The van der Waals surface area contributed by atoms with Gasteiger partial charge in [0.05, 0.1) is 23.6 Å². The van der Waals surface area contributed by atoms with E-state index in [0.29, 0.717) is 5.69 Å². The van der Waals surface area contributed by atoms with E-state index < -0.39 is 0 Å². The molecule has 0 unspecified atom stereocenters. The van der Waals surface area contributed by atoms with Crippen LogP contribution in [0.1, 0.15) is 65.5 Å². The van der Waals surface area contributed by atoms with Gasteiger partial charge in [0.1, 0.15) is 17.2 Å². The first-order valence-electron chi connectivity index (χ1n) is 9.43. The quantitative estimate of drug-likeness (QED) is 0.663. The highest BCUT2D eigenvalue weighted by molar-refractivity contribution is 5.97. The third-order valence-electron chi connectivity index (χ3n) is 5.22. The highest BCUT2D eigenvalue weighted by Gasteiger charge is 2.36. The topological polar surface area (TPSA) is 92.7 Å². The number of nitrogens with zero attached hydrogens (tertiary/aromatic N) is 3. The van der Waals surface area contributed by atoms with Crippen molar-refractivity contribution in [2.45, 2.75) is 39.7 Å². The molecule has 1 aliphatic rings. The average Bonchev–Trinajstić information content (AvgIpc) is 3.28. The SMILES string of the molecule is CC(=O)c1cc(C(=O)N[C@@H]2CC(C)(C)Cc3c2cnn3-c2cccc(F)c2)[nH]n1. The number of aromatic nitrogens is 4. The van der Waals surface area contributed by atoms with E-state index in [1.54, 1.807) is 23.0 Å². The van der Waals surface area contributed by atoms with Crippen molar-refractivity contribution < 1.29 is 14.0 Å². The number of carbonyl (C=O) groups excluding carboxylic acids is 2. The Bertz CT molecular complexity index is 1100. The number of Topliss-reactive ketones (excluding diaryl/α,β-unsaturated/α-hetero) is 1. The molecule has 7 nitrogen and oxygen atoms in total. The number of hydrogen-bond donors (Lipinski definition) is 2. The molecule has 0 aliphatic heterocycles. The molecule has 29 heavy (non-hydrogen) atoms. The van der Waals surface area contributed by atoms with E-state index in [-0.39, 0.29) is 40.4 Å². The van der Waals surface area contributed by atoms with Crippen molar-refractivity contribution in [3.8, 4) is 5.69 Å². The first-order chi connectivity index (χ1) is 13.7. The van der Waals surface area contributed by atoms with Crippen molar-refractivity contribution in [1.82, 2.24) is 25.3 Å². The number of halogens is 1. The maximum atomic E-state index is 13.7. The zero-order valence-electron chi connectivity index (χ0n) is 16.5. The second-order valence-corrected chi connectivity index (χ2v) is 8.23. The summed E-state index contributed by atoms with van der Waals surface area (Å²) in [5.41, 5.74) is 2.87. The molecule has 2 N–H and O–H groups in total. The minimum Gasteiger partial charge on any atom is -0.344 e. The number of rotatable bonds is 4. The van der Waals surface area contributed by atoms with Gasteiger partial charge in [-0.05, 0) is 42.5 Å². The standard InChI is InChI=1S/C21H22FN5O2/c1-12(28)16-8-17(26-25-16)20(29)24-18-9-21(2,3)10-19-15(18)11-23-27(19)14-6-4-5-13(22)7-14/h4-8,11,18H,9-10H2,1-3H3,(H,24,29)(H,25,26)/t18-/m1/s1. The molecule has 3 aromatic rings. The Morgan fingerprint density at radius 3 is 2.79 bits per heavy atom. The molecule has 0 saturated carbocycles. The van der Waals surface area contributed by atoms with Crippen LogP contribution >= 0.6 is 0 Å². The molecule has 1 amide bonds. The predicted octanol–water partition coefficient (Wildman–Crippen LogP) is 3.38. The summed E-state index contributed by atoms with van der Waals surface area (Å²) in [7, 11) is 0. The lowest BCUT2D eigenvalue weighted by Crippen LogP contribution is -2.37. The molecule has 1 atom stereocenters. The zero-order chi connectivity index (χ0) is 20.8. The Kier molecular flexibility index (Phi) is 4.56. The number of hydrogen-bond acceptors (Lipinski definition) is 4. The number of fused-ring (bicyclic) bond motifs is 1. The van der Waals surface area contributed by atoms with Gasteiger partial charge in [0.2, 0.25) is 0 Å². The minimum absolute atomic E-state index is 0.0887. The lowest BCUT2D eigenvalue weighted by Gasteiger charge is -2.35. The van der Waals surface area contributed by atoms with E-state index in [9.17, 15) is 14.0 Å². The van der Waals surface area contributed by atoms with Crippen LogP contribution in [-0.2, 0) is 6.42 Å². The number of benzene rings is 1. The number of amides is 1. The van der Waals surface area contributed by atoms with Gasteiger partial charge in [-0.15, -0.1) is 0 Å². The van der Waals surface area contributed by atoms with Crippen molar-refractivity contribution >= 4 is 11.7 Å². The molecular weight excluding hydrogens is 373 g/mol. The summed E-state index contributed by atoms with van der Waals surface area (Å²) < 4.78 is 15.4. The second-order valence-electron chi connectivity index (χ2n) is 8.23. The van der Waals surface area contributed by atoms with E-state index in [4.69, 9.17) is 0 Å². The lowest BCUT2D eigenvalue weighted by molar-refractivity contribution is 0.0913. The second kappa shape index (κ2) is 6.95. The fourth-order valence-corrected chi connectivity index (χ4v) is 3.86. The summed E-state index contributed by atoms with van der Waals surface area (Å²) in [6, 6.07) is 7.48. The Morgan fingerprint density at radius 2 is 2.10 bits per heavy atom. The Balaban J connectivity index is 1.66. The van der Waals surface area contributed by atoms with Crippen LogP contribution in [0.2, 0.25) is 0 Å². The molecular formula is C21H22FN5O2. The van der Waals surface area contributed by atoms with Crippen molar-refractivity contribution in [2.24, 2.45) is 5.41 Å². The van der Waals surface area contributed by atoms with Crippen LogP contribution in [-0.4, -0.2) is 31.7 Å². The van der Waals surface area contributed by atoms with Crippen LogP contribution in [0.4, 0.5) is 4.39 Å². The monoisotopic (exact) mass is 395 g/mol. The highest BCUT2D eigenvalue weighted by Crippen LogP contribution is 2.41. The van der Waals surface area contributed by atoms with Crippen LogP contribution in [0.15, 0.2) is 36.5 Å². The van der Waals surface area contributed by atoms with Gasteiger partial charge >= 0.3 is 0 Å². The molecule has 150 valence electrons. The summed E-state index contributed by atoms with van der Waals surface area (Å²) in [5.74, 6) is -0.873. The fourth-order valence-electron chi connectivity index (χ4n) is 3.86. The Labute approximate surface area is 167 Å². The summed E-state index contributed by atoms with van der Waals surface area (Å²) >= 11 is 0. The summed E-state index contributed by atoms with van der Waals surface area (Å²) in [4.78, 5) is 24.2. The minimum atomic E-state index is -0.336. The maximum absolute atomic E-state index is 13.7. The summed E-state index contributed by atoms with van der Waals surface area (Å²) in [5, 5.41) is 14.0. The van der Waals surface area contributed by atoms with Crippen molar-refractivity contribution in [2.75, 3.05) is 0 Å². The average molecular weight is 395 g/mol. The van der Waals surface area contributed by atoms with Gasteiger partial charge in [0, 0.05) is 12.5 Å². The molecule has 2 heterocycles. The maximum Gasteiger partial charge on any atom is 0.269 e. The molecule has 0 saturated heterocycles. The summed E-state index contributed by atoms with van der Waals surface area (Å²) in [6.07, 6.45) is 3.21. The summed E-state index contributed by atoms with van der Waals surface area (Å²) in [6.45, 7) is 5.65. The molecule has 0 bridgehead atoms. The van der Waals surface area contributed by atoms with Gasteiger partial charge in [-0.3, -0.25) is 14.7 Å². The lowest BCUT2D eigenvalue weighted by atomic mass is 9.74. The van der Waals surface area contributed by atoms with Gasteiger partial charge in [0.15, 0.2) is 5.78 Å². The van der Waals surface area contributed by atoms with Crippen LogP contribution < -0.4 is 5.32 Å². The first-order valence-corrected chi connectivity index (χ1v) is 9.43. The van der Waals surface area contributed by atoms with Crippen LogP contribution in [0.5, 0.6) is 0 Å². The normalized spacial score (nSPS) is 17.6. The van der Waals surface area contributed by atoms with E-state index >= 15 is 0 Å². The molecule has 1 aliphatic carbocycles. The van der Waals surface area contributed by atoms with Gasteiger partial charge < -0.3 is 5.32 Å². The molecule has 4 rings (SSSR count).